The van der Waals surface area contributed by atoms with Crippen LogP contribution in [0.4, 0.5) is 0 Å². The maximum Gasteiger partial charge on any atom is 0.192 e. The van der Waals surface area contributed by atoms with E-state index in [9.17, 15) is 0 Å². The van der Waals surface area contributed by atoms with Crippen molar-refractivity contribution in [2.45, 2.75) is 72.0 Å². The third kappa shape index (κ3) is 7.32. The van der Waals surface area contributed by atoms with Gasteiger partial charge in [0, 0.05) is 6.42 Å². The molecule has 0 heterocycles. The summed E-state index contributed by atoms with van der Waals surface area (Å²) in [6.07, 6.45) is 2.89. The Morgan fingerprint density at radius 2 is 1.86 bits per heavy atom. The molecule has 0 aromatic carbocycles. The predicted molar refractivity (Wildman–Crippen MR) is 101 cm³/mol. The Hall–Kier alpha value is -1.00. The molecule has 0 fully saturated rings. The molecule has 0 spiro atoms. The first-order valence-electron chi connectivity index (χ1n) is 8.12. The monoisotopic (exact) mass is 318 g/mol. The van der Waals surface area contributed by atoms with Crippen molar-refractivity contribution in [1.82, 2.24) is 0 Å². The van der Waals surface area contributed by atoms with E-state index in [-0.39, 0.29) is 5.04 Å². The fourth-order valence-corrected chi connectivity index (χ4v) is 2.76. The highest BCUT2D eigenvalue weighted by Crippen LogP contribution is 2.37. The molecule has 0 aliphatic heterocycles. The van der Waals surface area contributed by atoms with Crippen LogP contribution in [0.25, 0.3) is 0 Å². The SMILES string of the molecule is C=C=C(CC[C@H](CC#CC)C(=C)C)CO[Si](C)(C)C(C)(C)C. The lowest BCUT2D eigenvalue weighted by Gasteiger charge is -2.36. The number of hydrogen-bond acceptors (Lipinski definition) is 1. The molecule has 0 bridgehead atoms. The summed E-state index contributed by atoms with van der Waals surface area (Å²) < 4.78 is 6.27. The third-order valence-electron chi connectivity index (χ3n) is 4.68. The van der Waals surface area contributed by atoms with Gasteiger partial charge in [-0.2, -0.15) is 0 Å². The molecular formula is C20H34OSi. The standard InChI is InChI=1S/C20H34OSi/c1-10-12-13-19(17(3)4)15-14-18(11-2)16-21-22(8,9)20(5,6)7/h19H,2-3,13-16H2,1,4-9H3/t19-/m0/s1. The average molecular weight is 319 g/mol. The van der Waals surface area contributed by atoms with Gasteiger partial charge in [-0.3, -0.25) is 0 Å². The largest absolute Gasteiger partial charge is 0.412 e. The van der Waals surface area contributed by atoms with Crippen molar-refractivity contribution in [2.24, 2.45) is 5.92 Å². The molecule has 0 N–H and O–H groups in total. The van der Waals surface area contributed by atoms with Crippen LogP contribution in [-0.4, -0.2) is 14.9 Å². The molecular weight excluding hydrogens is 284 g/mol. The van der Waals surface area contributed by atoms with Crippen molar-refractivity contribution in [1.29, 1.82) is 0 Å². The molecule has 0 saturated carbocycles. The first-order valence-corrected chi connectivity index (χ1v) is 11.0. The summed E-state index contributed by atoms with van der Waals surface area (Å²) in [6, 6.07) is 0. The Labute approximate surface area is 139 Å². The van der Waals surface area contributed by atoms with E-state index in [0.717, 1.165) is 19.3 Å². The summed E-state index contributed by atoms with van der Waals surface area (Å²) in [7, 11) is -1.71. The van der Waals surface area contributed by atoms with Crippen molar-refractivity contribution >= 4 is 8.32 Å². The summed E-state index contributed by atoms with van der Waals surface area (Å²) in [5.41, 5.74) is 5.45. The number of allylic oxidation sites excluding steroid dienone is 1. The van der Waals surface area contributed by atoms with Crippen LogP contribution < -0.4 is 0 Å². The highest BCUT2D eigenvalue weighted by molar-refractivity contribution is 6.74. The first-order chi connectivity index (χ1) is 10.0. The van der Waals surface area contributed by atoms with Crippen molar-refractivity contribution in [3.8, 4) is 11.8 Å². The quantitative estimate of drug-likeness (QED) is 0.227. The third-order valence-corrected chi connectivity index (χ3v) is 9.16. The average Bonchev–Trinajstić information content (AvgIpc) is 2.40. The van der Waals surface area contributed by atoms with Gasteiger partial charge in [-0.1, -0.05) is 39.5 Å². The normalized spacial score (nSPS) is 12.9. The Morgan fingerprint density at radius 1 is 1.27 bits per heavy atom. The molecule has 0 aromatic heterocycles. The van der Waals surface area contributed by atoms with E-state index in [4.69, 9.17) is 4.43 Å². The van der Waals surface area contributed by atoms with Crippen molar-refractivity contribution < 1.29 is 4.43 Å². The van der Waals surface area contributed by atoms with Crippen LogP contribution in [0.5, 0.6) is 0 Å². The minimum Gasteiger partial charge on any atom is -0.412 e. The van der Waals surface area contributed by atoms with Crippen LogP contribution in [0, 0.1) is 17.8 Å². The van der Waals surface area contributed by atoms with E-state index in [0.29, 0.717) is 12.5 Å². The van der Waals surface area contributed by atoms with Crippen LogP contribution in [-0.2, 0) is 4.43 Å². The lowest BCUT2D eigenvalue weighted by molar-refractivity contribution is 0.313. The lowest BCUT2D eigenvalue weighted by atomic mass is 9.91. The Morgan fingerprint density at radius 3 is 2.27 bits per heavy atom. The maximum absolute atomic E-state index is 6.27. The van der Waals surface area contributed by atoms with E-state index in [1.165, 1.54) is 11.1 Å². The minimum absolute atomic E-state index is 0.232. The van der Waals surface area contributed by atoms with Gasteiger partial charge in [-0.05, 0) is 56.3 Å². The molecule has 0 unspecified atom stereocenters. The van der Waals surface area contributed by atoms with Gasteiger partial charge in [0.15, 0.2) is 8.32 Å². The summed E-state index contributed by atoms with van der Waals surface area (Å²) in [4.78, 5) is 0. The number of hydrogen-bond donors (Lipinski definition) is 0. The smallest absolute Gasteiger partial charge is 0.192 e. The summed E-state index contributed by atoms with van der Waals surface area (Å²) in [6.45, 7) is 23.9. The Kier molecular flexibility index (Phi) is 8.79. The lowest BCUT2D eigenvalue weighted by Crippen LogP contribution is -2.41. The Bertz CT molecular complexity index is 476. The van der Waals surface area contributed by atoms with Gasteiger partial charge in [0.1, 0.15) is 0 Å². The van der Waals surface area contributed by atoms with Gasteiger partial charge in [0.05, 0.1) is 6.61 Å². The van der Waals surface area contributed by atoms with E-state index in [2.05, 4.69) is 71.5 Å². The van der Waals surface area contributed by atoms with E-state index < -0.39 is 8.32 Å². The predicted octanol–water partition coefficient (Wildman–Crippen LogP) is 6.11. The van der Waals surface area contributed by atoms with Crippen molar-refractivity contribution in [3.63, 3.8) is 0 Å². The van der Waals surface area contributed by atoms with Crippen LogP contribution >= 0.6 is 0 Å². The maximum atomic E-state index is 6.27. The zero-order valence-electron chi connectivity index (χ0n) is 15.7. The first kappa shape index (κ1) is 21.0. The minimum atomic E-state index is -1.71. The molecule has 0 amide bonds. The molecule has 124 valence electrons. The van der Waals surface area contributed by atoms with Crippen LogP contribution in [0.1, 0.15) is 53.9 Å². The van der Waals surface area contributed by atoms with Gasteiger partial charge in [0.25, 0.3) is 0 Å². The molecule has 22 heavy (non-hydrogen) atoms. The molecule has 1 nitrogen and oxygen atoms in total. The van der Waals surface area contributed by atoms with Crippen molar-refractivity contribution in [3.05, 3.63) is 30.0 Å². The van der Waals surface area contributed by atoms with Gasteiger partial charge < -0.3 is 4.43 Å². The molecule has 2 heteroatoms. The molecule has 1 atom stereocenters. The van der Waals surface area contributed by atoms with Crippen molar-refractivity contribution in [2.75, 3.05) is 6.61 Å². The van der Waals surface area contributed by atoms with Crippen LogP contribution in [0.3, 0.4) is 0 Å². The van der Waals surface area contributed by atoms with Crippen LogP contribution in [0.2, 0.25) is 18.1 Å². The second-order valence-corrected chi connectivity index (χ2v) is 12.4. The highest BCUT2D eigenvalue weighted by atomic mass is 28.4. The molecule has 0 aliphatic rings. The highest BCUT2D eigenvalue weighted by Gasteiger charge is 2.37. The van der Waals surface area contributed by atoms with E-state index in [1.807, 2.05) is 6.92 Å². The summed E-state index contributed by atoms with van der Waals surface area (Å²) >= 11 is 0. The molecule has 0 aliphatic carbocycles. The molecule has 0 saturated heterocycles. The van der Waals surface area contributed by atoms with Crippen LogP contribution in [0.15, 0.2) is 30.0 Å². The molecule has 0 rings (SSSR count). The van der Waals surface area contributed by atoms with Gasteiger partial charge in [0.2, 0.25) is 0 Å². The zero-order chi connectivity index (χ0) is 17.4. The second kappa shape index (κ2) is 9.21. The number of rotatable bonds is 8. The summed E-state index contributed by atoms with van der Waals surface area (Å²) in [5.74, 6) is 6.59. The fraction of sp³-hybridized carbons (Fsp3) is 0.650. The zero-order valence-corrected chi connectivity index (χ0v) is 16.7. The molecule has 0 aromatic rings. The van der Waals surface area contributed by atoms with E-state index >= 15 is 0 Å². The topological polar surface area (TPSA) is 9.23 Å². The van der Waals surface area contributed by atoms with E-state index in [1.54, 1.807) is 0 Å². The second-order valence-electron chi connectivity index (χ2n) is 7.54. The fourth-order valence-electron chi connectivity index (χ4n) is 1.79. The van der Waals surface area contributed by atoms with Gasteiger partial charge >= 0.3 is 0 Å². The molecule has 0 radical (unpaired) electrons. The van der Waals surface area contributed by atoms with Gasteiger partial charge in [-0.15, -0.1) is 17.6 Å². The Balaban J connectivity index is 4.59. The van der Waals surface area contributed by atoms with Gasteiger partial charge in [-0.25, -0.2) is 0 Å². The summed E-state index contributed by atoms with van der Waals surface area (Å²) in [5, 5.41) is 0.232.